The van der Waals surface area contributed by atoms with Gasteiger partial charge < -0.3 is 4.74 Å². The van der Waals surface area contributed by atoms with E-state index < -0.39 is 0 Å². The zero-order valence-corrected chi connectivity index (χ0v) is 11.9. The number of unbranched alkanes of at least 4 members (excludes halogenated alkanes) is 1. The summed E-state index contributed by atoms with van der Waals surface area (Å²) in [6.07, 6.45) is 11.4. The number of hydrogen-bond acceptors (Lipinski definition) is 2. The van der Waals surface area contributed by atoms with Gasteiger partial charge in [-0.3, -0.25) is 0 Å². The monoisotopic (exact) mass is 250 g/mol. The number of ether oxygens (including phenoxy) is 1. The third kappa shape index (κ3) is 4.67. The Bertz CT molecular complexity index is 315. The lowest BCUT2D eigenvalue weighted by Crippen LogP contribution is -2.22. The highest BCUT2D eigenvalue weighted by Gasteiger charge is 2.20. The normalized spacial score (nSPS) is 24.1. The summed E-state index contributed by atoms with van der Waals surface area (Å²) in [5, 5.41) is 0. The molecule has 2 heteroatoms. The second-order valence-electron chi connectivity index (χ2n) is 5.15. The minimum atomic E-state index is -0.118. The maximum atomic E-state index is 11.9. The largest absolute Gasteiger partial charge is 0.462 e. The highest BCUT2D eigenvalue weighted by molar-refractivity contribution is 5.88. The van der Waals surface area contributed by atoms with Crippen LogP contribution in [-0.4, -0.2) is 12.6 Å². The van der Waals surface area contributed by atoms with E-state index in [1.54, 1.807) is 0 Å². The zero-order chi connectivity index (χ0) is 13.4. The number of carbonyl (C=O) groups excluding carboxylic acids is 1. The van der Waals surface area contributed by atoms with Crippen LogP contribution in [0.25, 0.3) is 0 Å². The van der Waals surface area contributed by atoms with Gasteiger partial charge in [0, 0.05) is 5.57 Å². The van der Waals surface area contributed by atoms with E-state index in [0.717, 1.165) is 37.7 Å². The Morgan fingerprint density at radius 2 is 2.06 bits per heavy atom. The Labute approximate surface area is 111 Å². The van der Waals surface area contributed by atoms with Crippen LogP contribution >= 0.6 is 0 Å². The van der Waals surface area contributed by atoms with Crippen molar-refractivity contribution in [2.24, 2.45) is 11.8 Å². The van der Waals surface area contributed by atoms with Crippen molar-refractivity contribution in [2.45, 2.75) is 52.9 Å². The van der Waals surface area contributed by atoms with Crippen LogP contribution < -0.4 is 0 Å². The highest BCUT2D eigenvalue weighted by atomic mass is 16.5. The van der Waals surface area contributed by atoms with Gasteiger partial charge in [-0.15, -0.1) is 0 Å². The Kier molecular flexibility index (Phi) is 6.77. The lowest BCUT2D eigenvalue weighted by atomic mass is 9.85. The van der Waals surface area contributed by atoms with Gasteiger partial charge in [-0.1, -0.05) is 45.4 Å². The summed E-state index contributed by atoms with van der Waals surface area (Å²) in [5.74, 6) is 0.989. The third-order valence-corrected chi connectivity index (χ3v) is 3.67. The maximum absolute atomic E-state index is 11.9. The fourth-order valence-electron chi connectivity index (χ4n) is 2.20. The molecule has 2 nitrogen and oxygen atoms in total. The molecule has 0 saturated heterocycles. The van der Waals surface area contributed by atoms with Crippen molar-refractivity contribution in [1.82, 2.24) is 0 Å². The molecule has 0 aliphatic heterocycles. The molecule has 0 aromatic rings. The first kappa shape index (κ1) is 15.0. The van der Waals surface area contributed by atoms with E-state index in [2.05, 4.69) is 26.0 Å². The van der Waals surface area contributed by atoms with Crippen molar-refractivity contribution < 1.29 is 9.53 Å². The smallest absolute Gasteiger partial charge is 0.333 e. The molecule has 0 radical (unpaired) electrons. The molecule has 0 amide bonds. The van der Waals surface area contributed by atoms with E-state index in [4.69, 9.17) is 4.74 Å². The molecule has 0 fully saturated rings. The molecule has 1 aliphatic carbocycles. The number of esters is 1. The minimum absolute atomic E-state index is 0.118. The second-order valence-corrected chi connectivity index (χ2v) is 5.15. The molecule has 18 heavy (non-hydrogen) atoms. The summed E-state index contributed by atoms with van der Waals surface area (Å²) < 4.78 is 5.46. The van der Waals surface area contributed by atoms with E-state index in [-0.39, 0.29) is 5.97 Å². The van der Waals surface area contributed by atoms with E-state index in [0.29, 0.717) is 18.4 Å². The van der Waals surface area contributed by atoms with Crippen LogP contribution in [0.4, 0.5) is 0 Å². The predicted octanol–water partition coefficient (Wildman–Crippen LogP) is 4.27. The van der Waals surface area contributed by atoms with Gasteiger partial charge in [0.05, 0.1) is 6.61 Å². The zero-order valence-electron chi connectivity index (χ0n) is 11.9. The molecule has 0 unspecified atom stereocenters. The number of carbonyl (C=O) groups is 1. The summed E-state index contributed by atoms with van der Waals surface area (Å²) in [7, 11) is 0. The SMILES string of the molecule is CCC/C=C(/CC)C(=O)OC[C@H]1CC=CC[C@@H]1C. The van der Waals surface area contributed by atoms with E-state index in [1.165, 1.54) is 0 Å². The van der Waals surface area contributed by atoms with Crippen LogP contribution in [0.1, 0.15) is 52.9 Å². The average molecular weight is 250 g/mol. The van der Waals surface area contributed by atoms with Crippen LogP contribution in [0, 0.1) is 11.8 Å². The van der Waals surface area contributed by atoms with Crippen molar-refractivity contribution in [3.05, 3.63) is 23.8 Å². The summed E-state index contributed by atoms with van der Waals surface area (Å²) in [6.45, 7) is 6.92. The standard InChI is InChI=1S/C16H26O2/c1-4-6-10-14(5-2)16(17)18-12-15-11-8-7-9-13(15)3/h7-8,10,13,15H,4-6,9,11-12H2,1-3H3/b14-10-/t13-,15+/m0/s1. The van der Waals surface area contributed by atoms with Gasteiger partial charge in [-0.2, -0.15) is 0 Å². The average Bonchev–Trinajstić information content (AvgIpc) is 2.38. The fraction of sp³-hybridized carbons (Fsp3) is 0.688. The van der Waals surface area contributed by atoms with E-state index >= 15 is 0 Å². The second kappa shape index (κ2) is 8.12. The van der Waals surface area contributed by atoms with Crippen LogP contribution in [-0.2, 0) is 9.53 Å². The Morgan fingerprint density at radius 1 is 1.33 bits per heavy atom. The molecule has 0 bridgehead atoms. The molecule has 0 aromatic heterocycles. The molecule has 1 rings (SSSR count). The third-order valence-electron chi connectivity index (χ3n) is 3.67. The van der Waals surface area contributed by atoms with E-state index in [9.17, 15) is 4.79 Å². The van der Waals surface area contributed by atoms with Crippen molar-refractivity contribution in [1.29, 1.82) is 0 Å². The molecule has 0 heterocycles. The van der Waals surface area contributed by atoms with Gasteiger partial charge >= 0.3 is 5.97 Å². The number of rotatable bonds is 6. The van der Waals surface area contributed by atoms with Crippen LogP contribution in [0.5, 0.6) is 0 Å². The van der Waals surface area contributed by atoms with Gasteiger partial charge in [0.2, 0.25) is 0 Å². The molecule has 0 N–H and O–H groups in total. The number of hydrogen-bond donors (Lipinski definition) is 0. The van der Waals surface area contributed by atoms with Crippen LogP contribution in [0.3, 0.4) is 0 Å². The van der Waals surface area contributed by atoms with Gasteiger partial charge in [-0.25, -0.2) is 4.79 Å². The molecular formula is C16H26O2. The minimum Gasteiger partial charge on any atom is -0.462 e. The van der Waals surface area contributed by atoms with Gasteiger partial charge in [0.15, 0.2) is 0 Å². The summed E-state index contributed by atoms with van der Waals surface area (Å²) in [4.78, 5) is 11.9. The first-order valence-electron chi connectivity index (χ1n) is 7.20. The molecule has 0 saturated carbocycles. The van der Waals surface area contributed by atoms with Gasteiger partial charge in [0.1, 0.15) is 0 Å². The van der Waals surface area contributed by atoms with E-state index in [1.807, 2.05) is 13.0 Å². The summed E-state index contributed by atoms with van der Waals surface area (Å²) in [6, 6.07) is 0. The quantitative estimate of drug-likeness (QED) is 0.400. The molecule has 1 aliphatic rings. The first-order chi connectivity index (χ1) is 8.69. The fourth-order valence-corrected chi connectivity index (χ4v) is 2.20. The van der Waals surface area contributed by atoms with Crippen LogP contribution in [0.15, 0.2) is 23.8 Å². The van der Waals surface area contributed by atoms with Crippen molar-refractivity contribution in [3.8, 4) is 0 Å². The Morgan fingerprint density at radius 3 is 2.67 bits per heavy atom. The summed E-state index contributed by atoms with van der Waals surface area (Å²) in [5.41, 5.74) is 0.829. The highest BCUT2D eigenvalue weighted by Crippen LogP contribution is 2.25. The topological polar surface area (TPSA) is 26.3 Å². The number of allylic oxidation sites excluding steroid dienone is 3. The molecule has 0 spiro atoms. The van der Waals surface area contributed by atoms with Crippen LogP contribution in [0.2, 0.25) is 0 Å². The lowest BCUT2D eigenvalue weighted by molar-refractivity contribution is -0.141. The molecule has 2 atom stereocenters. The predicted molar refractivity (Wildman–Crippen MR) is 75.3 cm³/mol. The maximum Gasteiger partial charge on any atom is 0.333 e. The molecule has 102 valence electrons. The molecular weight excluding hydrogens is 224 g/mol. The first-order valence-corrected chi connectivity index (χ1v) is 7.20. The van der Waals surface area contributed by atoms with Crippen molar-refractivity contribution >= 4 is 5.97 Å². The van der Waals surface area contributed by atoms with Crippen molar-refractivity contribution in [3.63, 3.8) is 0 Å². The summed E-state index contributed by atoms with van der Waals surface area (Å²) >= 11 is 0. The Balaban J connectivity index is 2.42. The van der Waals surface area contributed by atoms with Gasteiger partial charge in [-0.05, 0) is 37.5 Å². The van der Waals surface area contributed by atoms with Gasteiger partial charge in [0.25, 0.3) is 0 Å². The molecule has 0 aromatic carbocycles. The van der Waals surface area contributed by atoms with Crippen molar-refractivity contribution in [2.75, 3.05) is 6.61 Å². The Hall–Kier alpha value is -1.05. The lowest BCUT2D eigenvalue weighted by Gasteiger charge is -2.24.